The van der Waals surface area contributed by atoms with Gasteiger partial charge in [-0.1, -0.05) is 12.1 Å². The van der Waals surface area contributed by atoms with Crippen molar-refractivity contribution >= 4 is 11.6 Å². The molecule has 0 heterocycles. The number of anilines is 1. The maximum absolute atomic E-state index is 12.9. The Morgan fingerprint density at radius 1 is 1.44 bits per heavy atom. The molecule has 1 atom stereocenters. The van der Waals surface area contributed by atoms with E-state index in [9.17, 15) is 18.7 Å². The highest BCUT2D eigenvalue weighted by molar-refractivity contribution is 5.99. The van der Waals surface area contributed by atoms with Gasteiger partial charge in [0.15, 0.2) is 0 Å². The highest BCUT2D eigenvalue weighted by Gasteiger charge is 2.72. The molecule has 5 heteroatoms. The first-order valence-electron chi connectivity index (χ1n) is 4.84. The van der Waals surface area contributed by atoms with Crippen LogP contribution in [0.5, 0.6) is 5.75 Å². The standard InChI is InChI=1S/C11H11F2NO2/c1-10(6-11(10,12)13)9(16)14-7-4-2-3-5-8(7)15/h2-5,15H,6H2,1H3,(H,14,16). The second-order valence-corrected chi connectivity index (χ2v) is 4.18. The average molecular weight is 227 g/mol. The third-order valence-corrected chi connectivity index (χ3v) is 2.91. The van der Waals surface area contributed by atoms with Crippen LogP contribution in [0, 0.1) is 5.41 Å². The molecular formula is C11H11F2NO2. The summed E-state index contributed by atoms with van der Waals surface area (Å²) in [6.07, 6.45) is -0.445. The molecule has 1 saturated carbocycles. The monoisotopic (exact) mass is 227 g/mol. The van der Waals surface area contributed by atoms with Crippen molar-refractivity contribution in [2.45, 2.75) is 19.3 Å². The molecule has 1 unspecified atom stereocenters. The molecule has 1 fully saturated rings. The zero-order valence-electron chi connectivity index (χ0n) is 8.63. The van der Waals surface area contributed by atoms with E-state index in [1.165, 1.54) is 19.1 Å². The first-order chi connectivity index (χ1) is 7.37. The van der Waals surface area contributed by atoms with Crippen molar-refractivity contribution in [3.05, 3.63) is 24.3 Å². The van der Waals surface area contributed by atoms with Gasteiger partial charge in [0.2, 0.25) is 5.91 Å². The van der Waals surface area contributed by atoms with Crippen LogP contribution < -0.4 is 5.32 Å². The van der Waals surface area contributed by atoms with E-state index in [-0.39, 0.29) is 11.4 Å². The summed E-state index contributed by atoms with van der Waals surface area (Å²) in [6.45, 7) is 1.21. The number of alkyl halides is 2. The first kappa shape index (κ1) is 10.9. The predicted octanol–water partition coefficient (Wildman–Crippen LogP) is 2.38. The second-order valence-electron chi connectivity index (χ2n) is 4.18. The Labute approximate surface area is 91.1 Å². The number of rotatable bonds is 2. The number of aromatic hydroxyl groups is 1. The molecule has 3 nitrogen and oxygen atoms in total. The number of halogens is 2. The topological polar surface area (TPSA) is 49.3 Å². The number of phenolic OH excluding ortho intramolecular Hbond substituents is 1. The molecule has 2 N–H and O–H groups in total. The van der Waals surface area contributed by atoms with Gasteiger partial charge in [0, 0.05) is 6.42 Å². The van der Waals surface area contributed by atoms with Crippen molar-refractivity contribution in [3.8, 4) is 5.75 Å². The average Bonchev–Trinajstić information content (AvgIpc) is 2.71. The van der Waals surface area contributed by atoms with Gasteiger partial charge in [-0.2, -0.15) is 0 Å². The van der Waals surface area contributed by atoms with E-state index in [4.69, 9.17) is 0 Å². The number of carbonyl (C=O) groups excluding carboxylic acids is 1. The van der Waals surface area contributed by atoms with Crippen molar-refractivity contribution in [2.75, 3.05) is 5.32 Å². The molecule has 0 aromatic heterocycles. The molecule has 86 valence electrons. The van der Waals surface area contributed by atoms with Crippen LogP contribution in [0.25, 0.3) is 0 Å². The van der Waals surface area contributed by atoms with Crippen LogP contribution in [-0.2, 0) is 4.79 Å². The van der Waals surface area contributed by atoms with E-state index in [1.54, 1.807) is 12.1 Å². The Kier molecular flexibility index (Phi) is 2.15. The Hall–Kier alpha value is -1.65. The van der Waals surface area contributed by atoms with Gasteiger partial charge in [-0.25, -0.2) is 8.78 Å². The zero-order chi connectivity index (χ0) is 12.0. The fourth-order valence-corrected chi connectivity index (χ4v) is 1.49. The van der Waals surface area contributed by atoms with Gasteiger partial charge in [0.1, 0.15) is 11.2 Å². The van der Waals surface area contributed by atoms with Crippen LogP contribution >= 0.6 is 0 Å². The van der Waals surface area contributed by atoms with Gasteiger partial charge >= 0.3 is 0 Å². The van der Waals surface area contributed by atoms with Gasteiger partial charge in [0.05, 0.1) is 5.69 Å². The van der Waals surface area contributed by atoms with Crippen molar-refractivity contribution < 1.29 is 18.7 Å². The van der Waals surface area contributed by atoms with Crippen molar-refractivity contribution in [3.63, 3.8) is 0 Å². The van der Waals surface area contributed by atoms with Crippen molar-refractivity contribution in [1.29, 1.82) is 0 Å². The number of benzene rings is 1. The molecule has 0 bridgehead atoms. The Balaban J connectivity index is 2.13. The van der Waals surface area contributed by atoms with Crippen LogP contribution in [0.4, 0.5) is 14.5 Å². The van der Waals surface area contributed by atoms with E-state index in [0.717, 1.165) is 0 Å². The van der Waals surface area contributed by atoms with Gasteiger partial charge in [-0.3, -0.25) is 4.79 Å². The molecule has 1 amide bonds. The maximum Gasteiger partial charge on any atom is 0.263 e. The Morgan fingerprint density at radius 2 is 2.00 bits per heavy atom. The molecule has 16 heavy (non-hydrogen) atoms. The molecule has 0 saturated heterocycles. The number of hydrogen-bond donors (Lipinski definition) is 2. The summed E-state index contributed by atoms with van der Waals surface area (Å²) in [7, 11) is 0. The molecule has 1 aromatic carbocycles. The lowest BCUT2D eigenvalue weighted by Gasteiger charge is -2.11. The summed E-state index contributed by atoms with van der Waals surface area (Å²) in [5, 5.41) is 11.7. The number of hydrogen-bond acceptors (Lipinski definition) is 2. The molecule has 1 aliphatic carbocycles. The molecule has 0 aliphatic heterocycles. The summed E-state index contributed by atoms with van der Waals surface area (Å²) in [4.78, 5) is 11.6. The molecule has 1 aliphatic rings. The third kappa shape index (κ3) is 1.52. The lowest BCUT2D eigenvalue weighted by atomic mass is 10.1. The number of phenols is 1. The van der Waals surface area contributed by atoms with Gasteiger partial charge < -0.3 is 10.4 Å². The van der Waals surface area contributed by atoms with E-state index in [2.05, 4.69) is 5.32 Å². The lowest BCUT2D eigenvalue weighted by Crippen LogP contribution is -2.26. The van der Waals surface area contributed by atoms with Crippen molar-refractivity contribution in [1.82, 2.24) is 0 Å². The first-order valence-corrected chi connectivity index (χ1v) is 4.84. The Morgan fingerprint density at radius 3 is 2.50 bits per heavy atom. The SMILES string of the molecule is CC1(C(=O)Nc2ccccc2O)CC1(F)F. The largest absolute Gasteiger partial charge is 0.506 e. The summed E-state index contributed by atoms with van der Waals surface area (Å²) >= 11 is 0. The van der Waals surface area contributed by atoms with E-state index in [0.29, 0.717) is 0 Å². The second kappa shape index (κ2) is 3.17. The minimum Gasteiger partial charge on any atom is -0.506 e. The highest BCUT2D eigenvalue weighted by atomic mass is 19.3. The van der Waals surface area contributed by atoms with Crippen molar-refractivity contribution in [2.24, 2.45) is 5.41 Å². The van der Waals surface area contributed by atoms with Crippen LogP contribution in [0.15, 0.2) is 24.3 Å². The quantitative estimate of drug-likeness (QED) is 0.762. The zero-order valence-corrected chi connectivity index (χ0v) is 8.63. The number of carbonyl (C=O) groups is 1. The summed E-state index contributed by atoms with van der Waals surface area (Å²) in [6, 6.07) is 6.02. The van der Waals surface area contributed by atoms with Gasteiger partial charge in [0.25, 0.3) is 5.92 Å². The smallest absolute Gasteiger partial charge is 0.263 e. The molecule has 0 spiro atoms. The molecule has 0 radical (unpaired) electrons. The minimum absolute atomic E-state index is 0.136. The fraction of sp³-hybridized carbons (Fsp3) is 0.364. The van der Waals surface area contributed by atoms with Crippen LogP contribution in [-0.4, -0.2) is 16.9 Å². The summed E-state index contributed by atoms with van der Waals surface area (Å²) in [5.74, 6) is -3.84. The number of amides is 1. The highest BCUT2D eigenvalue weighted by Crippen LogP contribution is 2.60. The van der Waals surface area contributed by atoms with Gasteiger partial charge in [-0.15, -0.1) is 0 Å². The summed E-state index contributed by atoms with van der Waals surface area (Å²) in [5.41, 5.74) is -1.49. The lowest BCUT2D eigenvalue weighted by molar-refractivity contribution is -0.123. The molecule has 2 rings (SSSR count). The minimum atomic E-state index is -2.94. The van der Waals surface area contributed by atoms with E-state index in [1.807, 2.05) is 0 Å². The third-order valence-electron chi connectivity index (χ3n) is 2.91. The fourth-order valence-electron chi connectivity index (χ4n) is 1.49. The summed E-state index contributed by atoms with van der Waals surface area (Å²) < 4.78 is 25.8. The predicted molar refractivity (Wildman–Crippen MR) is 54.4 cm³/mol. The number of nitrogens with one attached hydrogen (secondary N) is 1. The van der Waals surface area contributed by atoms with Crippen LogP contribution in [0.3, 0.4) is 0 Å². The van der Waals surface area contributed by atoms with Crippen LogP contribution in [0.2, 0.25) is 0 Å². The van der Waals surface area contributed by atoms with Gasteiger partial charge in [-0.05, 0) is 19.1 Å². The van der Waals surface area contributed by atoms with E-state index >= 15 is 0 Å². The normalized spacial score (nSPS) is 26.2. The molecule has 1 aromatic rings. The van der Waals surface area contributed by atoms with E-state index < -0.39 is 23.7 Å². The van der Waals surface area contributed by atoms with Crippen LogP contribution in [0.1, 0.15) is 13.3 Å². The molecular weight excluding hydrogens is 216 g/mol. The maximum atomic E-state index is 12.9. The number of para-hydroxylation sites is 2. The Bertz CT molecular complexity index is 447.